The van der Waals surface area contributed by atoms with Crippen molar-refractivity contribution in [3.05, 3.63) is 34.5 Å². The third kappa shape index (κ3) is 2.53. The van der Waals surface area contributed by atoms with Crippen molar-refractivity contribution in [2.75, 3.05) is 14.2 Å². The van der Waals surface area contributed by atoms with E-state index < -0.39 is 16.9 Å². The van der Waals surface area contributed by atoms with Gasteiger partial charge in [0.1, 0.15) is 39.7 Å². The van der Waals surface area contributed by atoms with E-state index in [-0.39, 0.29) is 45.3 Å². The van der Waals surface area contributed by atoms with Crippen LogP contribution < -0.4 is 14.9 Å². The van der Waals surface area contributed by atoms with Gasteiger partial charge in [-0.25, -0.2) is 0 Å². The van der Waals surface area contributed by atoms with Gasteiger partial charge in [-0.3, -0.25) is 4.79 Å². The fourth-order valence-corrected chi connectivity index (χ4v) is 2.60. The van der Waals surface area contributed by atoms with Crippen molar-refractivity contribution in [3.8, 4) is 45.8 Å². The van der Waals surface area contributed by atoms with Crippen molar-refractivity contribution in [3.63, 3.8) is 0 Å². The van der Waals surface area contributed by atoms with Crippen LogP contribution in [0.5, 0.6) is 34.5 Å². The predicted molar refractivity (Wildman–Crippen MR) is 87.7 cm³/mol. The number of rotatable bonds is 3. The van der Waals surface area contributed by atoms with Gasteiger partial charge in [-0.1, -0.05) is 0 Å². The molecule has 0 saturated carbocycles. The number of aromatic hydroxyl groups is 4. The molecule has 8 heteroatoms. The van der Waals surface area contributed by atoms with Gasteiger partial charge in [0.2, 0.25) is 5.75 Å². The summed E-state index contributed by atoms with van der Waals surface area (Å²) in [5.74, 6) is -1.72. The van der Waals surface area contributed by atoms with Crippen LogP contribution in [0, 0.1) is 0 Å². The first-order valence-electron chi connectivity index (χ1n) is 7.04. The number of phenols is 4. The molecule has 130 valence electrons. The van der Waals surface area contributed by atoms with Crippen molar-refractivity contribution in [1.82, 2.24) is 0 Å². The molecule has 0 unspecified atom stereocenters. The van der Waals surface area contributed by atoms with E-state index in [0.29, 0.717) is 0 Å². The molecule has 3 rings (SSSR count). The molecule has 2 aromatic carbocycles. The summed E-state index contributed by atoms with van der Waals surface area (Å²) < 4.78 is 15.8. The molecule has 0 amide bonds. The molecule has 0 aliphatic rings. The first-order chi connectivity index (χ1) is 11.9. The van der Waals surface area contributed by atoms with Crippen LogP contribution in [-0.4, -0.2) is 34.6 Å². The van der Waals surface area contributed by atoms with Crippen LogP contribution in [-0.2, 0) is 0 Å². The van der Waals surface area contributed by atoms with Gasteiger partial charge in [-0.05, 0) is 0 Å². The van der Waals surface area contributed by atoms with E-state index in [0.717, 1.165) is 18.2 Å². The summed E-state index contributed by atoms with van der Waals surface area (Å²) >= 11 is 0. The minimum Gasteiger partial charge on any atom is -0.508 e. The summed E-state index contributed by atoms with van der Waals surface area (Å²) in [6.07, 6.45) is 0. The van der Waals surface area contributed by atoms with Gasteiger partial charge in [0, 0.05) is 24.3 Å². The molecule has 1 heterocycles. The topological polar surface area (TPSA) is 130 Å². The fraction of sp³-hybridized carbons (Fsp3) is 0.118. The van der Waals surface area contributed by atoms with E-state index in [4.69, 9.17) is 13.9 Å². The van der Waals surface area contributed by atoms with Gasteiger partial charge in [-0.2, -0.15) is 0 Å². The van der Waals surface area contributed by atoms with Gasteiger partial charge in [-0.15, -0.1) is 0 Å². The lowest BCUT2D eigenvalue weighted by Gasteiger charge is -2.13. The average Bonchev–Trinajstić information content (AvgIpc) is 2.53. The van der Waals surface area contributed by atoms with Crippen LogP contribution in [0.1, 0.15) is 0 Å². The second-order valence-corrected chi connectivity index (χ2v) is 5.17. The molecule has 0 saturated heterocycles. The molecule has 0 bridgehead atoms. The van der Waals surface area contributed by atoms with E-state index in [1.807, 2.05) is 0 Å². The second-order valence-electron chi connectivity index (χ2n) is 5.17. The van der Waals surface area contributed by atoms with Crippen LogP contribution in [0.25, 0.3) is 22.3 Å². The van der Waals surface area contributed by atoms with Crippen molar-refractivity contribution >= 4 is 11.0 Å². The van der Waals surface area contributed by atoms with Crippen molar-refractivity contribution in [1.29, 1.82) is 0 Å². The van der Waals surface area contributed by atoms with Gasteiger partial charge in [0.05, 0.1) is 14.2 Å². The van der Waals surface area contributed by atoms with Crippen LogP contribution in [0.3, 0.4) is 0 Å². The Morgan fingerprint density at radius 2 is 1.60 bits per heavy atom. The Hall–Kier alpha value is -3.55. The maximum absolute atomic E-state index is 12.4. The predicted octanol–water partition coefficient (Wildman–Crippen LogP) is 2.30. The Kier molecular flexibility index (Phi) is 3.80. The summed E-state index contributed by atoms with van der Waals surface area (Å²) in [5, 5.41) is 39.3. The van der Waals surface area contributed by atoms with Gasteiger partial charge in [0.15, 0.2) is 16.8 Å². The Morgan fingerprint density at radius 3 is 2.24 bits per heavy atom. The van der Waals surface area contributed by atoms with Crippen LogP contribution in [0.2, 0.25) is 0 Å². The van der Waals surface area contributed by atoms with E-state index in [2.05, 4.69) is 0 Å². The number of ether oxygens (including phenoxy) is 2. The Bertz CT molecular complexity index is 1040. The number of hydrogen-bond acceptors (Lipinski definition) is 8. The summed E-state index contributed by atoms with van der Waals surface area (Å²) in [5.41, 5.74) is -0.803. The Labute approximate surface area is 140 Å². The Morgan fingerprint density at radius 1 is 0.880 bits per heavy atom. The summed E-state index contributed by atoms with van der Waals surface area (Å²) in [7, 11) is 2.58. The zero-order chi connectivity index (χ0) is 18.3. The van der Waals surface area contributed by atoms with Gasteiger partial charge in [0.25, 0.3) is 0 Å². The summed E-state index contributed by atoms with van der Waals surface area (Å²) in [6, 6.07) is 4.30. The number of phenolic OH excluding ortho intramolecular Hbond substituents is 4. The van der Waals surface area contributed by atoms with Crippen LogP contribution >= 0.6 is 0 Å². The third-order valence-corrected chi connectivity index (χ3v) is 3.65. The molecule has 0 aliphatic heterocycles. The van der Waals surface area contributed by atoms with E-state index in [1.165, 1.54) is 20.3 Å². The highest BCUT2D eigenvalue weighted by Crippen LogP contribution is 2.44. The smallest absolute Gasteiger partial charge is 0.204 e. The first kappa shape index (κ1) is 16.3. The van der Waals surface area contributed by atoms with Crippen LogP contribution in [0.4, 0.5) is 0 Å². The minimum absolute atomic E-state index is 0.0178. The molecule has 3 aromatic rings. The average molecular weight is 346 g/mol. The van der Waals surface area contributed by atoms with Gasteiger partial charge >= 0.3 is 0 Å². The first-order valence-corrected chi connectivity index (χ1v) is 7.04. The molecule has 25 heavy (non-hydrogen) atoms. The maximum atomic E-state index is 12.4. The maximum Gasteiger partial charge on any atom is 0.204 e. The molecule has 0 radical (unpaired) electrons. The third-order valence-electron chi connectivity index (χ3n) is 3.65. The zero-order valence-corrected chi connectivity index (χ0v) is 13.2. The van der Waals surface area contributed by atoms with Crippen molar-refractivity contribution in [2.45, 2.75) is 0 Å². The molecule has 8 nitrogen and oxygen atoms in total. The number of benzene rings is 2. The zero-order valence-electron chi connectivity index (χ0n) is 13.2. The monoisotopic (exact) mass is 346 g/mol. The van der Waals surface area contributed by atoms with Crippen molar-refractivity contribution in [2.24, 2.45) is 0 Å². The Balaban J connectivity index is 2.43. The lowest BCUT2D eigenvalue weighted by molar-refractivity contribution is 0.367. The standard InChI is InChI=1S/C17H14O8/c1-23-12-4-7(18)3-8(19)15(12)13-6-10(21)14-9(20)5-11(22)16(24-2)17(14)25-13/h3-6,18-20,22H,1-2H3. The molecule has 0 atom stereocenters. The molecule has 0 aliphatic carbocycles. The molecular weight excluding hydrogens is 332 g/mol. The molecule has 0 fully saturated rings. The number of methoxy groups -OCH3 is 2. The highest BCUT2D eigenvalue weighted by Gasteiger charge is 2.22. The fourth-order valence-electron chi connectivity index (χ4n) is 2.60. The molecule has 0 spiro atoms. The van der Waals surface area contributed by atoms with Gasteiger partial charge < -0.3 is 34.3 Å². The van der Waals surface area contributed by atoms with Crippen LogP contribution in [0.15, 0.2) is 33.5 Å². The highest BCUT2D eigenvalue weighted by molar-refractivity contribution is 5.92. The lowest BCUT2D eigenvalue weighted by Crippen LogP contribution is -2.03. The number of fused-ring (bicyclic) bond motifs is 1. The largest absolute Gasteiger partial charge is 0.508 e. The molecule has 1 aromatic heterocycles. The van der Waals surface area contributed by atoms with Crippen molar-refractivity contribution < 1.29 is 34.3 Å². The quantitative estimate of drug-likeness (QED) is 0.568. The molecular formula is C17H14O8. The number of hydrogen-bond donors (Lipinski definition) is 4. The van der Waals surface area contributed by atoms with E-state index in [1.54, 1.807) is 0 Å². The SMILES string of the molecule is COc1cc(O)cc(O)c1-c1cc(=O)c2c(O)cc(O)c(OC)c2o1. The summed E-state index contributed by atoms with van der Waals surface area (Å²) in [4.78, 5) is 12.4. The highest BCUT2D eigenvalue weighted by atomic mass is 16.5. The van der Waals surface area contributed by atoms with E-state index in [9.17, 15) is 25.2 Å². The minimum atomic E-state index is -0.624. The summed E-state index contributed by atoms with van der Waals surface area (Å²) in [6.45, 7) is 0. The van der Waals surface area contributed by atoms with E-state index >= 15 is 0 Å². The normalized spacial score (nSPS) is 10.8. The molecule has 4 N–H and O–H groups in total. The lowest BCUT2D eigenvalue weighted by atomic mass is 10.1. The second kappa shape index (κ2) is 5.82.